The van der Waals surface area contributed by atoms with Crippen molar-refractivity contribution in [1.29, 1.82) is 0 Å². The van der Waals surface area contributed by atoms with Gasteiger partial charge in [0.05, 0.1) is 0 Å². The summed E-state index contributed by atoms with van der Waals surface area (Å²) in [5, 5.41) is 6.74. The van der Waals surface area contributed by atoms with Gasteiger partial charge in [0.15, 0.2) is 0 Å². The number of nitrogens with one attached hydrogen (secondary N) is 2. The van der Waals surface area contributed by atoms with Gasteiger partial charge in [-0.1, -0.05) is 22.0 Å². The number of benzene rings is 1. The molecule has 0 fully saturated rings. The van der Waals surface area contributed by atoms with E-state index < -0.39 is 0 Å². The molecule has 0 aliphatic rings. The lowest BCUT2D eigenvalue weighted by molar-refractivity contribution is 0.386. The SMILES string of the molecule is CC(CNC(C)(C)C)NCc1c(F)cccc1Br. The molecule has 2 N–H and O–H groups in total. The quantitative estimate of drug-likeness (QED) is 0.869. The fourth-order valence-corrected chi connectivity index (χ4v) is 1.99. The highest BCUT2D eigenvalue weighted by atomic mass is 79.9. The van der Waals surface area contributed by atoms with Crippen molar-refractivity contribution in [3.63, 3.8) is 0 Å². The van der Waals surface area contributed by atoms with Crippen LogP contribution in [-0.4, -0.2) is 18.1 Å². The Bertz CT molecular complexity index is 368. The molecule has 0 saturated carbocycles. The highest BCUT2D eigenvalue weighted by molar-refractivity contribution is 9.10. The molecule has 0 aliphatic heterocycles. The van der Waals surface area contributed by atoms with Crippen LogP contribution in [0.4, 0.5) is 4.39 Å². The molecule has 102 valence electrons. The average Bonchev–Trinajstić information content (AvgIpc) is 2.25. The molecule has 1 unspecified atom stereocenters. The van der Waals surface area contributed by atoms with Crippen molar-refractivity contribution in [1.82, 2.24) is 10.6 Å². The van der Waals surface area contributed by atoms with Gasteiger partial charge in [0.1, 0.15) is 5.82 Å². The molecule has 0 amide bonds. The van der Waals surface area contributed by atoms with Gasteiger partial charge in [-0.3, -0.25) is 0 Å². The molecule has 1 atom stereocenters. The van der Waals surface area contributed by atoms with E-state index in [0.29, 0.717) is 12.1 Å². The van der Waals surface area contributed by atoms with E-state index in [1.54, 1.807) is 6.07 Å². The van der Waals surface area contributed by atoms with Crippen LogP contribution in [0.15, 0.2) is 22.7 Å². The first kappa shape index (κ1) is 15.6. The van der Waals surface area contributed by atoms with Crippen molar-refractivity contribution < 1.29 is 4.39 Å². The molecule has 0 radical (unpaired) electrons. The summed E-state index contributed by atoms with van der Waals surface area (Å²) in [6.07, 6.45) is 0. The maximum Gasteiger partial charge on any atom is 0.128 e. The molecule has 0 saturated heterocycles. The number of halogens is 2. The lowest BCUT2D eigenvalue weighted by Gasteiger charge is -2.24. The van der Waals surface area contributed by atoms with E-state index >= 15 is 0 Å². The fourth-order valence-electron chi connectivity index (χ4n) is 1.51. The second-order valence-electron chi connectivity index (χ2n) is 5.61. The molecule has 0 bridgehead atoms. The Hall–Kier alpha value is -0.450. The van der Waals surface area contributed by atoms with Crippen LogP contribution in [0.1, 0.15) is 33.3 Å². The first-order valence-corrected chi connectivity index (χ1v) is 7.00. The monoisotopic (exact) mass is 316 g/mol. The Labute approximate surface area is 117 Å². The lowest BCUT2D eigenvalue weighted by atomic mass is 10.1. The first-order chi connectivity index (χ1) is 8.29. The number of hydrogen-bond acceptors (Lipinski definition) is 2. The Morgan fingerprint density at radius 1 is 1.33 bits per heavy atom. The zero-order valence-electron chi connectivity index (χ0n) is 11.5. The van der Waals surface area contributed by atoms with Crippen molar-refractivity contribution in [3.8, 4) is 0 Å². The minimum absolute atomic E-state index is 0.106. The molecule has 1 aromatic rings. The lowest BCUT2D eigenvalue weighted by Crippen LogP contribution is -2.44. The Balaban J connectivity index is 2.45. The van der Waals surface area contributed by atoms with Gasteiger partial charge < -0.3 is 10.6 Å². The largest absolute Gasteiger partial charge is 0.311 e. The third-order valence-corrected chi connectivity index (χ3v) is 3.37. The van der Waals surface area contributed by atoms with Gasteiger partial charge in [0.2, 0.25) is 0 Å². The van der Waals surface area contributed by atoms with Gasteiger partial charge in [-0.25, -0.2) is 4.39 Å². The van der Waals surface area contributed by atoms with Crippen LogP contribution in [0.25, 0.3) is 0 Å². The van der Waals surface area contributed by atoms with Crippen molar-refractivity contribution >= 4 is 15.9 Å². The third-order valence-electron chi connectivity index (χ3n) is 2.63. The normalized spacial score (nSPS) is 13.7. The summed E-state index contributed by atoms with van der Waals surface area (Å²) in [6.45, 7) is 9.87. The van der Waals surface area contributed by atoms with E-state index in [-0.39, 0.29) is 17.4 Å². The van der Waals surface area contributed by atoms with Crippen LogP contribution < -0.4 is 10.6 Å². The standard InChI is InChI=1S/C14H22BrFN2/c1-10(8-18-14(2,3)4)17-9-11-12(15)6-5-7-13(11)16/h5-7,10,17-18H,8-9H2,1-4H3. The van der Waals surface area contributed by atoms with Crippen LogP contribution in [-0.2, 0) is 6.54 Å². The van der Waals surface area contributed by atoms with E-state index in [9.17, 15) is 4.39 Å². The van der Waals surface area contributed by atoms with E-state index in [4.69, 9.17) is 0 Å². The Kier molecular flexibility index (Phi) is 5.76. The van der Waals surface area contributed by atoms with E-state index in [1.807, 2.05) is 6.07 Å². The molecule has 0 heterocycles. The van der Waals surface area contributed by atoms with Gasteiger partial charge in [0, 0.05) is 34.7 Å². The maximum atomic E-state index is 13.6. The van der Waals surface area contributed by atoms with Crippen molar-refractivity contribution in [3.05, 3.63) is 34.1 Å². The van der Waals surface area contributed by atoms with Crippen molar-refractivity contribution in [2.24, 2.45) is 0 Å². The number of rotatable bonds is 5. The molecule has 0 aliphatic carbocycles. The first-order valence-electron chi connectivity index (χ1n) is 6.21. The van der Waals surface area contributed by atoms with Crippen molar-refractivity contribution in [2.45, 2.75) is 45.8 Å². The van der Waals surface area contributed by atoms with Crippen LogP contribution >= 0.6 is 15.9 Å². The Morgan fingerprint density at radius 2 is 2.00 bits per heavy atom. The highest BCUT2D eigenvalue weighted by Crippen LogP contribution is 2.19. The van der Waals surface area contributed by atoms with Gasteiger partial charge in [0.25, 0.3) is 0 Å². The Morgan fingerprint density at radius 3 is 2.56 bits per heavy atom. The van der Waals surface area contributed by atoms with Gasteiger partial charge in [-0.2, -0.15) is 0 Å². The predicted octanol–water partition coefficient (Wildman–Crippen LogP) is 3.45. The fraction of sp³-hybridized carbons (Fsp3) is 0.571. The van der Waals surface area contributed by atoms with E-state index in [2.05, 4.69) is 54.3 Å². The minimum Gasteiger partial charge on any atom is -0.311 e. The summed E-state index contributed by atoms with van der Waals surface area (Å²) in [5.41, 5.74) is 0.786. The van der Waals surface area contributed by atoms with E-state index in [1.165, 1.54) is 6.07 Å². The smallest absolute Gasteiger partial charge is 0.128 e. The average molecular weight is 317 g/mol. The minimum atomic E-state index is -0.173. The molecule has 1 aromatic carbocycles. The molecule has 2 nitrogen and oxygen atoms in total. The predicted molar refractivity (Wildman–Crippen MR) is 78.2 cm³/mol. The van der Waals surface area contributed by atoms with Crippen LogP contribution in [0.3, 0.4) is 0 Å². The van der Waals surface area contributed by atoms with Crippen LogP contribution in [0, 0.1) is 5.82 Å². The van der Waals surface area contributed by atoms with Gasteiger partial charge in [-0.15, -0.1) is 0 Å². The third kappa shape index (κ3) is 5.46. The summed E-state index contributed by atoms with van der Waals surface area (Å²) >= 11 is 3.37. The van der Waals surface area contributed by atoms with Gasteiger partial charge in [-0.05, 0) is 39.8 Å². The topological polar surface area (TPSA) is 24.1 Å². The number of hydrogen-bond donors (Lipinski definition) is 2. The van der Waals surface area contributed by atoms with Gasteiger partial charge >= 0.3 is 0 Å². The second-order valence-corrected chi connectivity index (χ2v) is 6.47. The molecule has 18 heavy (non-hydrogen) atoms. The highest BCUT2D eigenvalue weighted by Gasteiger charge is 2.12. The van der Waals surface area contributed by atoms with Crippen molar-refractivity contribution in [2.75, 3.05) is 6.54 Å². The summed E-state index contributed by atoms with van der Waals surface area (Å²) < 4.78 is 14.4. The van der Waals surface area contributed by atoms with Crippen LogP contribution in [0.5, 0.6) is 0 Å². The summed E-state index contributed by atoms with van der Waals surface area (Å²) in [5.74, 6) is -0.173. The molecule has 0 spiro atoms. The summed E-state index contributed by atoms with van der Waals surface area (Å²) in [4.78, 5) is 0. The van der Waals surface area contributed by atoms with E-state index in [0.717, 1.165) is 11.0 Å². The van der Waals surface area contributed by atoms with Crippen LogP contribution in [0.2, 0.25) is 0 Å². The molecular weight excluding hydrogens is 295 g/mol. The molecule has 0 aromatic heterocycles. The zero-order valence-corrected chi connectivity index (χ0v) is 13.1. The molecule has 4 heteroatoms. The zero-order chi connectivity index (χ0) is 13.8. The molecule has 1 rings (SSSR count). The summed E-state index contributed by atoms with van der Waals surface area (Å²) in [6, 6.07) is 5.33. The second kappa shape index (κ2) is 6.64. The summed E-state index contributed by atoms with van der Waals surface area (Å²) in [7, 11) is 0. The maximum absolute atomic E-state index is 13.6. The molecular formula is C14H22BrFN2.